The number of hydrogen-bond donors (Lipinski definition) is 0. The van der Waals surface area contributed by atoms with E-state index >= 15 is 0 Å². The lowest BCUT2D eigenvalue weighted by molar-refractivity contribution is -0.133. The number of benzene rings is 2. The number of rotatable bonds is 6. The molecular formula is C19H19N5O. The highest BCUT2D eigenvalue weighted by Gasteiger charge is 2.32. The third kappa shape index (κ3) is 3.74. The van der Waals surface area contributed by atoms with Crippen LogP contribution >= 0.6 is 0 Å². The predicted molar refractivity (Wildman–Crippen MR) is 93.3 cm³/mol. The molecule has 1 aliphatic rings. The summed E-state index contributed by atoms with van der Waals surface area (Å²) in [6.45, 7) is 0.744. The average molecular weight is 333 g/mol. The summed E-state index contributed by atoms with van der Waals surface area (Å²) in [5.74, 6) is 0.567. The first-order valence-corrected chi connectivity index (χ1v) is 8.46. The van der Waals surface area contributed by atoms with Crippen molar-refractivity contribution in [3.8, 4) is 11.4 Å². The molecule has 0 bridgehead atoms. The molecule has 1 saturated carbocycles. The first-order valence-electron chi connectivity index (χ1n) is 8.46. The van der Waals surface area contributed by atoms with Gasteiger partial charge in [-0.3, -0.25) is 4.79 Å². The summed E-state index contributed by atoms with van der Waals surface area (Å²) < 4.78 is 0. The molecule has 1 heterocycles. The van der Waals surface area contributed by atoms with Crippen molar-refractivity contribution in [3.05, 3.63) is 66.2 Å². The third-order valence-corrected chi connectivity index (χ3v) is 4.27. The van der Waals surface area contributed by atoms with Gasteiger partial charge in [0.25, 0.3) is 0 Å². The fourth-order valence-corrected chi connectivity index (χ4v) is 2.81. The minimum absolute atomic E-state index is 0.0309. The largest absolute Gasteiger partial charge is 0.334 e. The predicted octanol–water partition coefficient (Wildman–Crippen LogP) is 2.53. The smallest absolute Gasteiger partial charge is 0.246 e. The van der Waals surface area contributed by atoms with Gasteiger partial charge in [-0.15, -0.1) is 10.2 Å². The number of hydrogen-bond acceptors (Lipinski definition) is 4. The van der Waals surface area contributed by atoms with Gasteiger partial charge >= 0.3 is 0 Å². The van der Waals surface area contributed by atoms with Gasteiger partial charge in [0.05, 0.1) is 0 Å². The summed E-state index contributed by atoms with van der Waals surface area (Å²) >= 11 is 0. The Bertz CT molecular complexity index is 843. The van der Waals surface area contributed by atoms with Crippen LogP contribution in [0.1, 0.15) is 18.4 Å². The number of aromatic nitrogens is 4. The zero-order chi connectivity index (χ0) is 17.1. The van der Waals surface area contributed by atoms with Crippen LogP contribution in [0.25, 0.3) is 11.4 Å². The zero-order valence-electron chi connectivity index (χ0n) is 13.8. The van der Waals surface area contributed by atoms with Gasteiger partial charge in [-0.05, 0) is 23.6 Å². The summed E-state index contributed by atoms with van der Waals surface area (Å²) in [5.41, 5.74) is 2.03. The van der Waals surface area contributed by atoms with Crippen molar-refractivity contribution in [1.82, 2.24) is 25.1 Å². The van der Waals surface area contributed by atoms with E-state index in [1.807, 2.05) is 65.6 Å². The molecule has 1 aliphatic carbocycles. The molecule has 0 N–H and O–H groups in total. The highest BCUT2D eigenvalue weighted by atomic mass is 16.2. The van der Waals surface area contributed by atoms with Crippen molar-refractivity contribution >= 4 is 5.91 Å². The SMILES string of the molecule is O=C(Cn1nnc(-c2ccccc2)n1)N(Cc1ccccc1)C1CC1. The van der Waals surface area contributed by atoms with Crippen LogP contribution in [0.15, 0.2) is 60.7 Å². The number of carbonyl (C=O) groups excluding carboxylic acids is 1. The molecule has 0 atom stereocenters. The van der Waals surface area contributed by atoms with Gasteiger partial charge in [0.2, 0.25) is 11.7 Å². The van der Waals surface area contributed by atoms with Crippen LogP contribution in [0, 0.1) is 0 Å². The van der Waals surface area contributed by atoms with E-state index in [2.05, 4.69) is 15.4 Å². The van der Waals surface area contributed by atoms with E-state index in [4.69, 9.17) is 0 Å². The maximum atomic E-state index is 12.7. The topological polar surface area (TPSA) is 63.9 Å². The molecule has 6 heteroatoms. The molecule has 25 heavy (non-hydrogen) atoms. The second-order valence-electron chi connectivity index (χ2n) is 6.25. The van der Waals surface area contributed by atoms with Crippen molar-refractivity contribution in [1.29, 1.82) is 0 Å². The molecular weight excluding hydrogens is 314 g/mol. The van der Waals surface area contributed by atoms with Crippen LogP contribution in [0.4, 0.5) is 0 Å². The molecule has 6 nitrogen and oxygen atoms in total. The fraction of sp³-hybridized carbons (Fsp3) is 0.263. The highest BCUT2D eigenvalue weighted by molar-refractivity contribution is 5.76. The highest BCUT2D eigenvalue weighted by Crippen LogP contribution is 2.28. The maximum absolute atomic E-state index is 12.7. The normalized spacial score (nSPS) is 13.6. The van der Waals surface area contributed by atoms with E-state index in [0.29, 0.717) is 18.4 Å². The van der Waals surface area contributed by atoms with Crippen LogP contribution < -0.4 is 0 Å². The average Bonchev–Trinajstić information content (AvgIpc) is 3.39. The van der Waals surface area contributed by atoms with E-state index in [1.165, 1.54) is 4.80 Å². The number of carbonyl (C=O) groups is 1. The Labute approximate surface area is 146 Å². The minimum Gasteiger partial charge on any atom is -0.334 e. The molecule has 3 aromatic rings. The Morgan fingerprint density at radius 1 is 1.04 bits per heavy atom. The van der Waals surface area contributed by atoms with Crippen molar-refractivity contribution in [3.63, 3.8) is 0 Å². The first kappa shape index (κ1) is 15.5. The molecule has 4 rings (SSSR count). The van der Waals surface area contributed by atoms with Crippen LogP contribution in [0.3, 0.4) is 0 Å². The molecule has 2 aromatic carbocycles. The fourth-order valence-electron chi connectivity index (χ4n) is 2.81. The summed E-state index contributed by atoms with van der Waals surface area (Å²) in [6.07, 6.45) is 2.14. The van der Waals surface area contributed by atoms with Crippen molar-refractivity contribution in [2.24, 2.45) is 0 Å². The zero-order valence-corrected chi connectivity index (χ0v) is 13.8. The minimum atomic E-state index is 0.0309. The van der Waals surface area contributed by atoms with E-state index in [0.717, 1.165) is 24.0 Å². The molecule has 1 amide bonds. The Morgan fingerprint density at radius 3 is 2.40 bits per heavy atom. The quantitative estimate of drug-likeness (QED) is 0.695. The van der Waals surface area contributed by atoms with Gasteiger partial charge in [-0.2, -0.15) is 4.80 Å². The standard InChI is InChI=1S/C19H19N5O/c25-18(23(17-11-12-17)13-15-7-3-1-4-8-15)14-24-21-19(20-22-24)16-9-5-2-6-10-16/h1-10,17H,11-14H2. The molecule has 126 valence electrons. The van der Waals surface area contributed by atoms with Crippen LogP contribution in [0.2, 0.25) is 0 Å². The second-order valence-corrected chi connectivity index (χ2v) is 6.25. The molecule has 0 aliphatic heterocycles. The molecule has 0 saturated heterocycles. The van der Waals surface area contributed by atoms with E-state index < -0.39 is 0 Å². The summed E-state index contributed by atoms with van der Waals surface area (Å²) in [7, 11) is 0. The summed E-state index contributed by atoms with van der Waals surface area (Å²) in [4.78, 5) is 16.1. The summed E-state index contributed by atoms with van der Waals surface area (Å²) in [6, 6.07) is 20.0. The second kappa shape index (κ2) is 6.84. The van der Waals surface area contributed by atoms with E-state index in [-0.39, 0.29) is 12.5 Å². The Morgan fingerprint density at radius 2 is 1.72 bits per heavy atom. The van der Waals surface area contributed by atoms with E-state index in [9.17, 15) is 4.79 Å². The molecule has 0 radical (unpaired) electrons. The number of nitrogens with zero attached hydrogens (tertiary/aromatic N) is 5. The lowest BCUT2D eigenvalue weighted by Crippen LogP contribution is -2.35. The van der Waals surface area contributed by atoms with Crippen molar-refractivity contribution in [2.75, 3.05) is 0 Å². The third-order valence-electron chi connectivity index (χ3n) is 4.27. The van der Waals surface area contributed by atoms with Gasteiger partial charge in [-0.1, -0.05) is 60.7 Å². The van der Waals surface area contributed by atoms with Gasteiger partial charge in [0.15, 0.2) is 0 Å². The lowest BCUT2D eigenvalue weighted by atomic mass is 10.2. The van der Waals surface area contributed by atoms with Gasteiger partial charge in [0.1, 0.15) is 6.54 Å². The van der Waals surface area contributed by atoms with Gasteiger partial charge in [-0.25, -0.2) is 0 Å². The molecule has 1 aromatic heterocycles. The van der Waals surface area contributed by atoms with Crippen LogP contribution in [0.5, 0.6) is 0 Å². The molecule has 1 fully saturated rings. The van der Waals surface area contributed by atoms with Gasteiger partial charge < -0.3 is 4.90 Å². The number of tetrazole rings is 1. The van der Waals surface area contributed by atoms with Crippen molar-refractivity contribution < 1.29 is 4.79 Å². The maximum Gasteiger partial charge on any atom is 0.246 e. The number of amides is 1. The van der Waals surface area contributed by atoms with Crippen molar-refractivity contribution in [2.45, 2.75) is 32.0 Å². The molecule has 0 unspecified atom stereocenters. The Hall–Kier alpha value is -3.02. The first-order chi connectivity index (χ1) is 12.3. The Balaban J connectivity index is 1.46. The van der Waals surface area contributed by atoms with Crippen LogP contribution in [-0.4, -0.2) is 37.1 Å². The van der Waals surface area contributed by atoms with E-state index in [1.54, 1.807) is 0 Å². The monoisotopic (exact) mass is 333 g/mol. The lowest BCUT2D eigenvalue weighted by Gasteiger charge is -2.22. The molecule has 0 spiro atoms. The summed E-state index contributed by atoms with van der Waals surface area (Å²) in [5, 5.41) is 12.4. The van der Waals surface area contributed by atoms with Crippen LogP contribution in [-0.2, 0) is 17.9 Å². The Kier molecular flexibility index (Phi) is 4.24. The van der Waals surface area contributed by atoms with Gasteiger partial charge in [0, 0.05) is 18.2 Å².